The molecule has 0 radical (unpaired) electrons. The molecule has 6 nitrogen and oxygen atoms in total. The molecule has 6 heteroatoms. The van der Waals surface area contributed by atoms with Crippen LogP contribution in [0.3, 0.4) is 0 Å². The number of terminal acetylenes is 1. The fourth-order valence-corrected chi connectivity index (χ4v) is 1.92. The molecule has 0 aliphatic carbocycles. The predicted octanol–water partition coefficient (Wildman–Crippen LogP) is 2.70. The molecule has 1 fully saturated rings. The lowest BCUT2D eigenvalue weighted by atomic mass is 10.1. The van der Waals surface area contributed by atoms with Crippen LogP contribution >= 0.6 is 0 Å². The fraction of sp³-hybridized carbons (Fsp3) is 0.750. The molecular formula is C12H18N4O2. The monoisotopic (exact) mass is 250 g/mol. The van der Waals surface area contributed by atoms with E-state index in [0.29, 0.717) is 19.4 Å². The highest BCUT2D eigenvalue weighted by atomic mass is 16.6. The van der Waals surface area contributed by atoms with Gasteiger partial charge < -0.3 is 9.64 Å². The minimum absolute atomic E-state index is 0.111. The lowest BCUT2D eigenvalue weighted by molar-refractivity contribution is 0.0228. The van der Waals surface area contributed by atoms with Crippen LogP contribution in [0.4, 0.5) is 4.79 Å². The minimum Gasteiger partial charge on any atom is -0.444 e. The van der Waals surface area contributed by atoms with Crippen LogP contribution in [0.2, 0.25) is 0 Å². The highest BCUT2D eigenvalue weighted by molar-refractivity contribution is 5.69. The van der Waals surface area contributed by atoms with Gasteiger partial charge in [0.05, 0.1) is 6.04 Å². The molecule has 18 heavy (non-hydrogen) atoms. The molecule has 0 aromatic carbocycles. The third-order valence-electron chi connectivity index (χ3n) is 2.59. The maximum Gasteiger partial charge on any atom is 0.410 e. The van der Waals surface area contributed by atoms with E-state index in [1.54, 1.807) is 4.90 Å². The molecule has 2 atom stereocenters. The third-order valence-corrected chi connectivity index (χ3v) is 2.59. The molecule has 0 saturated carbocycles. The van der Waals surface area contributed by atoms with Gasteiger partial charge in [0.25, 0.3) is 0 Å². The van der Waals surface area contributed by atoms with Gasteiger partial charge in [0.1, 0.15) is 5.60 Å². The Kier molecular flexibility index (Phi) is 4.46. The van der Waals surface area contributed by atoms with Crippen molar-refractivity contribution in [2.45, 2.75) is 51.3 Å². The molecule has 0 aromatic rings. The van der Waals surface area contributed by atoms with Crippen LogP contribution in [0, 0.1) is 12.3 Å². The van der Waals surface area contributed by atoms with E-state index in [9.17, 15) is 4.79 Å². The molecule has 1 aliphatic heterocycles. The molecule has 1 saturated heterocycles. The summed E-state index contributed by atoms with van der Waals surface area (Å²) in [6.07, 6.45) is 5.91. The van der Waals surface area contributed by atoms with Crippen LogP contribution < -0.4 is 0 Å². The zero-order chi connectivity index (χ0) is 13.8. The first kappa shape index (κ1) is 14.2. The maximum absolute atomic E-state index is 12.0. The van der Waals surface area contributed by atoms with Gasteiger partial charge in [-0.2, -0.15) is 0 Å². The molecule has 1 aliphatic rings. The van der Waals surface area contributed by atoms with Crippen molar-refractivity contribution in [2.75, 3.05) is 6.54 Å². The van der Waals surface area contributed by atoms with Crippen LogP contribution in [0.5, 0.6) is 0 Å². The van der Waals surface area contributed by atoms with Crippen molar-refractivity contribution in [3.8, 4) is 12.3 Å². The molecule has 0 spiro atoms. The number of azide groups is 1. The van der Waals surface area contributed by atoms with Crippen molar-refractivity contribution in [2.24, 2.45) is 5.11 Å². The van der Waals surface area contributed by atoms with E-state index in [2.05, 4.69) is 15.9 Å². The van der Waals surface area contributed by atoms with Crippen LogP contribution in [0.15, 0.2) is 5.11 Å². The number of rotatable bonds is 2. The highest BCUT2D eigenvalue weighted by Gasteiger charge is 2.36. The van der Waals surface area contributed by atoms with Crippen molar-refractivity contribution in [3.05, 3.63) is 10.4 Å². The summed E-state index contributed by atoms with van der Waals surface area (Å²) in [5, 5.41) is 3.65. The van der Waals surface area contributed by atoms with Gasteiger partial charge >= 0.3 is 6.09 Å². The van der Waals surface area contributed by atoms with Crippen molar-refractivity contribution in [1.29, 1.82) is 0 Å². The SMILES string of the molecule is C#CC[C@@H]1C[C@H](N=[N+]=[N-])CN1C(=O)OC(C)(C)C. The number of ether oxygens (including phenoxy) is 1. The van der Waals surface area contributed by atoms with Crippen molar-refractivity contribution >= 4 is 6.09 Å². The lowest BCUT2D eigenvalue weighted by Gasteiger charge is -2.27. The van der Waals surface area contributed by atoms with Crippen molar-refractivity contribution < 1.29 is 9.53 Å². The number of hydrogen-bond acceptors (Lipinski definition) is 3. The second-order valence-electron chi connectivity index (χ2n) is 5.29. The standard InChI is InChI=1S/C12H18N4O2/c1-5-6-10-7-9(14-15-13)8-16(10)11(17)18-12(2,3)4/h1,9-10H,6-8H2,2-4H3/t9-,10+/m0/s1. The summed E-state index contributed by atoms with van der Waals surface area (Å²) in [5.41, 5.74) is 7.89. The summed E-state index contributed by atoms with van der Waals surface area (Å²) < 4.78 is 5.31. The van der Waals surface area contributed by atoms with Gasteiger partial charge in [-0.05, 0) is 32.7 Å². The second kappa shape index (κ2) is 5.65. The van der Waals surface area contributed by atoms with E-state index >= 15 is 0 Å². The van der Waals surface area contributed by atoms with Gasteiger partial charge in [-0.3, -0.25) is 0 Å². The molecule has 1 rings (SSSR count). The van der Waals surface area contributed by atoms with Crippen LogP contribution in [-0.4, -0.2) is 35.2 Å². The normalized spacial score (nSPS) is 23.1. The zero-order valence-corrected chi connectivity index (χ0v) is 11.0. The van der Waals surface area contributed by atoms with E-state index in [0.717, 1.165) is 0 Å². The van der Waals surface area contributed by atoms with E-state index < -0.39 is 11.7 Å². The second-order valence-corrected chi connectivity index (χ2v) is 5.29. The first-order chi connectivity index (χ1) is 8.37. The van der Waals surface area contributed by atoms with Gasteiger partial charge in [-0.15, -0.1) is 12.3 Å². The Morgan fingerprint density at radius 3 is 2.83 bits per heavy atom. The Morgan fingerprint density at radius 1 is 1.67 bits per heavy atom. The Hall–Kier alpha value is -1.86. The first-order valence-corrected chi connectivity index (χ1v) is 5.84. The molecular weight excluding hydrogens is 232 g/mol. The molecule has 1 amide bonds. The van der Waals surface area contributed by atoms with Gasteiger partial charge in [0.15, 0.2) is 0 Å². The average molecular weight is 250 g/mol. The molecule has 0 aromatic heterocycles. The lowest BCUT2D eigenvalue weighted by Crippen LogP contribution is -2.40. The van der Waals surface area contributed by atoms with Crippen LogP contribution in [0.1, 0.15) is 33.6 Å². The Morgan fingerprint density at radius 2 is 2.33 bits per heavy atom. The number of carbonyl (C=O) groups excluding carboxylic acids is 1. The molecule has 0 unspecified atom stereocenters. The summed E-state index contributed by atoms with van der Waals surface area (Å²) in [5.74, 6) is 2.54. The van der Waals surface area contributed by atoms with Gasteiger partial charge in [0, 0.05) is 23.9 Å². The molecule has 1 heterocycles. The first-order valence-electron chi connectivity index (χ1n) is 5.84. The average Bonchev–Trinajstić information content (AvgIpc) is 2.60. The molecule has 0 bridgehead atoms. The summed E-state index contributed by atoms with van der Waals surface area (Å²) in [4.78, 5) is 16.3. The van der Waals surface area contributed by atoms with Crippen molar-refractivity contribution in [3.63, 3.8) is 0 Å². The maximum atomic E-state index is 12.0. The van der Waals surface area contributed by atoms with Crippen molar-refractivity contribution in [1.82, 2.24) is 4.90 Å². The summed E-state index contributed by atoms with van der Waals surface area (Å²) in [6, 6.07) is -0.332. The van der Waals surface area contributed by atoms with E-state index in [1.807, 2.05) is 20.8 Å². The predicted molar refractivity (Wildman–Crippen MR) is 67.7 cm³/mol. The highest BCUT2D eigenvalue weighted by Crippen LogP contribution is 2.25. The summed E-state index contributed by atoms with van der Waals surface area (Å²) >= 11 is 0. The number of hydrogen-bond donors (Lipinski definition) is 0. The number of nitrogens with zero attached hydrogens (tertiary/aromatic N) is 4. The third kappa shape index (κ3) is 3.86. The van der Waals surface area contributed by atoms with Gasteiger partial charge in [0.2, 0.25) is 0 Å². The van der Waals surface area contributed by atoms with Gasteiger partial charge in [-0.25, -0.2) is 4.79 Å². The summed E-state index contributed by atoms with van der Waals surface area (Å²) in [6.45, 7) is 5.79. The topological polar surface area (TPSA) is 78.3 Å². The summed E-state index contributed by atoms with van der Waals surface area (Å²) in [7, 11) is 0. The Labute approximate surface area is 107 Å². The molecule has 0 N–H and O–H groups in total. The number of amides is 1. The van der Waals surface area contributed by atoms with E-state index in [1.165, 1.54) is 0 Å². The van der Waals surface area contributed by atoms with Crippen LogP contribution in [0.25, 0.3) is 10.4 Å². The minimum atomic E-state index is -0.547. The number of carbonyl (C=O) groups is 1. The van der Waals surface area contributed by atoms with Crippen LogP contribution in [-0.2, 0) is 4.74 Å². The Balaban J connectivity index is 2.75. The zero-order valence-electron chi connectivity index (χ0n) is 11.0. The van der Waals surface area contributed by atoms with Gasteiger partial charge in [-0.1, -0.05) is 5.11 Å². The number of likely N-dealkylation sites (tertiary alicyclic amines) is 1. The smallest absolute Gasteiger partial charge is 0.410 e. The van der Waals surface area contributed by atoms with E-state index in [4.69, 9.17) is 16.7 Å². The van der Waals surface area contributed by atoms with E-state index in [-0.39, 0.29) is 12.1 Å². The fourth-order valence-electron chi connectivity index (χ4n) is 1.92. The Bertz CT molecular complexity index is 401. The molecule has 98 valence electrons. The quantitative estimate of drug-likeness (QED) is 0.327. The largest absolute Gasteiger partial charge is 0.444 e.